The molecule has 1 aromatic heterocycles. The van der Waals surface area contributed by atoms with E-state index in [1.165, 1.54) is 18.3 Å². The van der Waals surface area contributed by atoms with Gasteiger partial charge in [0, 0.05) is 18.0 Å². The molecule has 0 aliphatic rings. The zero-order valence-corrected chi connectivity index (χ0v) is 12.1. The Morgan fingerprint density at radius 2 is 2.10 bits per heavy atom. The minimum absolute atomic E-state index is 0.0547. The van der Waals surface area contributed by atoms with Crippen LogP contribution >= 0.6 is 11.6 Å². The minimum Gasteiger partial charge on any atom is -0.321 e. The average molecular weight is 306 g/mol. The highest BCUT2D eigenvalue weighted by atomic mass is 35.5. The molecule has 1 aromatic carbocycles. The van der Waals surface area contributed by atoms with E-state index >= 15 is 0 Å². The van der Waals surface area contributed by atoms with Crippen molar-refractivity contribution in [1.29, 1.82) is 0 Å². The van der Waals surface area contributed by atoms with Crippen molar-refractivity contribution in [2.45, 2.75) is 13.8 Å². The second-order valence-electron chi connectivity index (χ2n) is 4.47. The van der Waals surface area contributed by atoms with E-state index < -0.39 is 10.8 Å². The maximum Gasteiger partial charge on any atom is 0.274 e. The van der Waals surface area contributed by atoms with Crippen LogP contribution in [-0.2, 0) is 0 Å². The molecule has 0 saturated carbocycles. The van der Waals surface area contributed by atoms with E-state index in [-0.39, 0.29) is 16.3 Å². The van der Waals surface area contributed by atoms with E-state index in [2.05, 4.69) is 10.3 Å². The first-order chi connectivity index (χ1) is 9.90. The molecule has 1 amide bonds. The van der Waals surface area contributed by atoms with Crippen molar-refractivity contribution < 1.29 is 9.72 Å². The number of rotatable bonds is 3. The third-order valence-corrected chi connectivity index (χ3v) is 3.30. The Bertz CT molecular complexity index is 731. The van der Waals surface area contributed by atoms with Gasteiger partial charge in [-0.1, -0.05) is 17.7 Å². The summed E-state index contributed by atoms with van der Waals surface area (Å²) in [6.07, 6.45) is 1.37. The number of aromatic nitrogens is 1. The van der Waals surface area contributed by atoms with Gasteiger partial charge in [-0.25, -0.2) is 0 Å². The number of nitrogens with zero attached hydrogens (tertiary/aromatic N) is 2. The molecule has 1 heterocycles. The first-order valence-corrected chi connectivity index (χ1v) is 6.45. The highest BCUT2D eigenvalue weighted by molar-refractivity contribution is 6.34. The second-order valence-corrected chi connectivity index (χ2v) is 4.87. The minimum atomic E-state index is -0.495. The van der Waals surface area contributed by atoms with E-state index in [4.69, 9.17) is 11.6 Å². The summed E-state index contributed by atoms with van der Waals surface area (Å²) in [5.41, 5.74) is 1.61. The quantitative estimate of drug-likeness (QED) is 0.694. The van der Waals surface area contributed by atoms with Gasteiger partial charge >= 0.3 is 0 Å². The maximum absolute atomic E-state index is 12.2. The van der Waals surface area contributed by atoms with Gasteiger partial charge in [0.05, 0.1) is 26.8 Å². The molecular formula is C14H12ClN3O3. The molecule has 0 radical (unpaired) electrons. The van der Waals surface area contributed by atoms with Gasteiger partial charge in [-0.2, -0.15) is 0 Å². The van der Waals surface area contributed by atoms with Gasteiger partial charge in [-0.05, 0) is 26.0 Å². The third kappa shape index (κ3) is 3.17. The maximum atomic E-state index is 12.2. The molecule has 0 fully saturated rings. The fourth-order valence-electron chi connectivity index (χ4n) is 1.84. The van der Waals surface area contributed by atoms with Gasteiger partial charge in [0.2, 0.25) is 0 Å². The number of anilines is 1. The van der Waals surface area contributed by atoms with Crippen molar-refractivity contribution in [2.24, 2.45) is 0 Å². The van der Waals surface area contributed by atoms with Crippen LogP contribution in [-0.4, -0.2) is 15.8 Å². The van der Waals surface area contributed by atoms with Crippen LogP contribution in [0.4, 0.5) is 11.4 Å². The largest absolute Gasteiger partial charge is 0.321 e. The van der Waals surface area contributed by atoms with Crippen LogP contribution in [0.25, 0.3) is 0 Å². The number of halogens is 1. The Kier molecular flexibility index (Phi) is 4.18. The Labute approximate surface area is 125 Å². The lowest BCUT2D eigenvalue weighted by molar-refractivity contribution is -0.385. The molecule has 2 aromatic rings. The van der Waals surface area contributed by atoms with Gasteiger partial charge in [0.1, 0.15) is 0 Å². The number of carbonyl (C=O) groups is 1. The molecule has 0 bridgehead atoms. The molecule has 1 N–H and O–H groups in total. The molecular weight excluding hydrogens is 294 g/mol. The van der Waals surface area contributed by atoms with Gasteiger partial charge in [0.15, 0.2) is 0 Å². The Morgan fingerprint density at radius 3 is 2.71 bits per heavy atom. The summed E-state index contributed by atoms with van der Waals surface area (Å²) in [6.45, 7) is 3.33. The summed E-state index contributed by atoms with van der Waals surface area (Å²) in [5.74, 6) is -0.462. The summed E-state index contributed by atoms with van der Waals surface area (Å²) in [6, 6.07) is 6.06. The second kappa shape index (κ2) is 5.88. The number of amides is 1. The van der Waals surface area contributed by atoms with Crippen LogP contribution in [0.1, 0.15) is 21.6 Å². The SMILES string of the molecule is Cc1cc(Cl)c(C(=O)Nc2cccc([N+](=O)[O-])c2C)cn1. The van der Waals surface area contributed by atoms with Crippen molar-refractivity contribution >= 4 is 28.9 Å². The lowest BCUT2D eigenvalue weighted by Crippen LogP contribution is -2.14. The topological polar surface area (TPSA) is 85.1 Å². The zero-order chi connectivity index (χ0) is 15.6. The molecule has 0 aliphatic heterocycles. The zero-order valence-electron chi connectivity index (χ0n) is 11.4. The van der Waals surface area contributed by atoms with Crippen molar-refractivity contribution in [3.8, 4) is 0 Å². The van der Waals surface area contributed by atoms with E-state index in [1.807, 2.05) is 0 Å². The van der Waals surface area contributed by atoms with Crippen molar-refractivity contribution in [3.63, 3.8) is 0 Å². The Balaban J connectivity index is 2.32. The fourth-order valence-corrected chi connectivity index (χ4v) is 2.13. The summed E-state index contributed by atoms with van der Waals surface area (Å²) in [5, 5.41) is 13.8. The fraction of sp³-hybridized carbons (Fsp3) is 0.143. The molecule has 21 heavy (non-hydrogen) atoms. The molecule has 0 atom stereocenters. The van der Waals surface area contributed by atoms with E-state index in [0.29, 0.717) is 16.9 Å². The molecule has 2 rings (SSSR count). The number of hydrogen-bond donors (Lipinski definition) is 1. The molecule has 0 unspecified atom stereocenters. The van der Waals surface area contributed by atoms with Gasteiger partial charge in [-0.3, -0.25) is 19.9 Å². The number of nitro benzene ring substituents is 1. The predicted molar refractivity (Wildman–Crippen MR) is 79.8 cm³/mol. The van der Waals surface area contributed by atoms with Crippen LogP contribution in [0.5, 0.6) is 0 Å². The summed E-state index contributed by atoms with van der Waals surface area (Å²) in [7, 11) is 0. The molecule has 0 saturated heterocycles. The monoisotopic (exact) mass is 305 g/mol. The van der Waals surface area contributed by atoms with E-state index in [1.54, 1.807) is 26.0 Å². The van der Waals surface area contributed by atoms with Crippen LogP contribution in [0.2, 0.25) is 5.02 Å². The lowest BCUT2D eigenvalue weighted by Gasteiger charge is -2.09. The van der Waals surface area contributed by atoms with Crippen LogP contribution in [0.3, 0.4) is 0 Å². The highest BCUT2D eigenvalue weighted by Gasteiger charge is 2.17. The number of aryl methyl sites for hydroxylation is 1. The number of hydrogen-bond acceptors (Lipinski definition) is 4. The van der Waals surface area contributed by atoms with Crippen molar-refractivity contribution in [2.75, 3.05) is 5.32 Å². The predicted octanol–water partition coefficient (Wildman–Crippen LogP) is 3.51. The smallest absolute Gasteiger partial charge is 0.274 e. The first kappa shape index (κ1) is 14.9. The van der Waals surface area contributed by atoms with Crippen LogP contribution in [0.15, 0.2) is 30.5 Å². The van der Waals surface area contributed by atoms with Crippen LogP contribution < -0.4 is 5.32 Å². The third-order valence-electron chi connectivity index (χ3n) is 2.98. The van der Waals surface area contributed by atoms with Gasteiger partial charge in [0.25, 0.3) is 11.6 Å². The number of nitro groups is 1. The summed E-state index contributed by atoms with van der Waals surface area (Å²) < 4.78 is 0. The summed E-state index contributed by atoms with van der Waals surface area (Å²) in [4.78, 5) is 26.6. The van der Waals surface area contributed by atoms with E-state index in [0.717, 1.165) is 0 Å². The molecule has 7 heteroatoms. The van der Waals surface area contributed by atoms with Crippen molar-refractivity contribution in [1.82, 2.24) is 4.98 Å². The molecule has 0 aliphatic carbocycles. The number of carbonyl (C=O) groups excluding carboxylic acids is 1. The highest BCUT2D eigenvalue weighted by Crippen LogP contribution is 2.26. The Hall–Kier alpha value is -2.47. The average Bonchev–Trinajstić information content (AvgIpc) is 2.40. The lowest BCUT2D eigenvalue weighted by atomic mass is 10.1. The van der Waals surface area contributed by atoms with Crippen molar-refractivity contribution in [3.05, 3.63) is 62.4 Å². The number of pyridine rings is 1. The molecule has 108 valence electrons. The Morgan fingerprint density at radius 1 is 1.38 bits per heavy atom. The van der Waals surface area contributed by atoms with Gasteiger partial charge in [-0.15, -0.1) is 0 Å². The van der Waals surface area contributed by atoms with E-state index in [9.17, 15) is 14.9 Å². The molecule has 6 nitrogen and oxygen atoms in total. The van der Waals surface area contributed by atoms with Gasteiger partial charge < -0.3 is 5.32 Å². The summed E-state index contributed by atoms with van der Waals surface area (Å²) >= 11 is 6.00. The normalized spacial score (nSPS) is 10.2. The number of benzene rings is 1. The standard InChI is InChI=1S/C14H12ClN3O3/c1-8-6-11(15)10(7-16-8)14(19)17-12-4-3-5-13(9(12)2)18(20)21/h3-7H,1-2H3,(H,17,19). The molecule has 0 spiro atoms. The first-order valence-electron chi connectivity index (χ1n) is 6.07. The number of nitrogens with one attached hydrogen (secondary N) is 1. The van der Waals surface area contributed by atoms with Crippen LogP contribution in [0, 0.1) is 24.0 Å².